The number of hydrogen-bond donors (Lipinski definition) is 0. The maximum atomic E-state index is 3.93. The van der Waals surface area contributed by atoms with Crippen molar-refractivity contribution in [1.29, 1.82) is 0 Å². The van der Waals surface area contributed by atoms with Crippen LogP contribution in [0.5, 0.6) is 0 Å². The molecule has 1 aromatic rings. The fourth-order valence-corrected chi connectivity index (χ4v) is 1.92. The Morgan fingerprint density at radius 2 is 2.00 bits per heavy atom. The maximum absolute atomic E-state index is 3.93. The average Bonchev–Trinajstić information content (AvgIpc) is 2.30. The summed E-state index contributed by atoms with van der Waals surface area (Å²) in [6, 6.07) is 8.32. The Morgan fingerprint density at radius 1 is 1.33 bits per heavy atom. The SMILES string of the molecule is C=CN(C(=C)/N=N\C)c1ccc(N2CCC2)cc1. The van der Waals surface area contributed by atoms with Gasteiger partial charge < -0.3 is 9.80 Å². The van der Waals surface area contributed by atoms with Crippen molar-refractivity contribution in [2.75, 3.05) is 29.9 Å². The predicted molar refractivity (Wildman–Crippen MR) is 75.9 cm³/mol. The lowest BCUT2D eigenvalue weighted by molar-refractivity contribution is 0.618. The fraction of sp³-hybridized carbons (Fsp3) is 0.286. The molecule has 0 saturated carbocycles. The summed E-state index contributed by atoms with van der Waals surface area (Å²) in [5, 5.41) is 7.66. The van der Waals surface area contributed by atoms with E-state index in [-0.39, 0.29) is 0 Å². The first-order valence-electron chi connectivity index (χ1n) is 6.02. The minimum Gasteiger partial charge on any atom is -0.371 e. The molecule has 1 aromatic carbocycles. The Bertz CT molecular complexity index is 457. The second-order valence-electron chi connectivity index (χ2n) is 4.13. The first-order chi connectivity index (χ1) is 8.76. The van der Waals surface area contributed by atoms with E-state index in [1.807, 2.05) is 17.0 Å². The normalized spacial score (nSPS) is 14.4. The molecule has 0 aliphatic carbocycles. The van der Waals surface area contributed by atoms with E-state index in [1.165, 1.54) is 12.1 Å². The Hall–Kier alpha value is -2.10. The number of anilines is 2. The van der Waals surface area contributed by atoms with Gasteiger partial charge in [-0.15, -0.1) is 5.11 Å². The third kappa shape index (κ3) is 2.42. The Morgan fingerprint density at radius 3 is 2.44 bits per heavy atom. The van der Waals surface area contributed by atoms with Gasteiger partial charge in [0, 0.05) is 37.7 Å². The summed E-state index contributed by atoms with van der Waals surface area (Å²) in [5.41, 5.74) is 2.25. The Kier molecular flexibility index (Phi) is 3.77. The molecule has 0 amide bonds. The van der Waals surface area contributed by atoms with Crippen LogP contribution in [0.15, 0.2) is 59.7 Å². The monoisotopic (exact) mass is 242 g/mol. The molecule has 1 fully saturated rings. The highest BCUT2D eigenvalue weighted by molar-refractivity contribution is 5.60. The van der Waals surface area contributed by atoms with Crippen molar-refractivity contribution in [2.45, 2.75) is 6.42 Å². The Balaban J connectivity index is 2.16. The quantitative estimate of drug-likeness (QED) is 0.741. The summed E-state index contributed by atoms with van der Waals surface area (Å²) < 4.78 is 0. The third-order valence-electron chi connectivity index (χ3n) is 3.03. The summed E-state index contributed by atoms with van der Waals surface area (Å²) in [7, 11) is 1.62. The van der Waals surface area contributed by atoms with Crippen LogP contribution in [0.1, 0.15) is 6.42 Å². The molecule has 0 bridgehead atoms. The Labute approximate surface area is 108 Å². The van der Waals surface area contributed by atoms with Gasteiger partial charge in [-0.25, -0.2) is 0 Å². The lowest BCUT2D eigenvalue weighted by Gasteiger charge is -2.33. The van der Waals surface area contributed by atoms with E-state index in [0.717, 1.165) is 18.8 Å². The van der Waals surface area contributed by atoms with Crippen LogP contribution in [-0.2, 0) is 0 Å². The van der Waals surface area contributed by atoms with Gasteiger partial charge in [0.15, 0.2) is 5.82 Å². The van der Waals surface area contributed by atoms with Crippen LogP contribution in [0.25, 0.3) is 0 Å². The standard InChI is InChI=1S/C14H18N4/c1-4-18(12(2)16-15-3)14-8-6-13(7-9-14)17-10-5-11-17/h4,6-9H,1-2,5,10-11H2,3H3/b16-15-. The fourth-order valence-electron chi connectivity index (χ4n) is 1.92. The molecule has 4 nitrogen and oxygen atoms in total. The molecule has 0 N–H and O–H groups in total. The molecule has 94 valence electrons. The lowest BCUT2D eigenvalue weighted by Crippen LogP contribution is -2.36. The van der Waals surface area contributed by atoms with Crippen LogP contribution in [0, 0.1) is 0 Å². The van der Waals surface area contributed by atoms with Crippen LogP contribution >= 0.6 is 0 Å². The summed E-state index contributed by atoms with van der Waals surface area (Å²) in [6.07, 6.45) is 2.98. The van der Waals surface area contributed by atoms with E-state index in [1.54, 1.807) is 13.2 Å². The molecule has 1 heterocycles. The molecular formula is C14H18N4. The number of benzene rings is 1. The zero-order valence-electron chi connectivity index (χ0n) is 10.7. The lowest BCUT2D eigenvalue weighted by atomic mass is 10.1. The van der Waals surface area contributed by atoms with Crippen LogP contribution < -0.4 is 9.80 Å². The second kappa shape index (κ2) is 5.49. The number of hydrogen-bond acceptors (Lipinski definition) is 4. The summed E-state index contributed by atoms with van der Waals surface area (Å²) in [6.45, 7) is 9.95. The zero-order valence-corrected chi connectivity index (χ0v) is 10.7. The molecule has 2 rings (SSSR count). The zero-order chi connectivity index (χ0) is 13.0. The van der Waals surface area contributed by atoms with Crippen LogP contribution in [-0.4, -0.2) is 20.1 Å². The smallest absolute Gasteiger partial charge is 0.151 e. The van der Waals surface area contributed by atoms with Gasteiger partial charge >= 0.3 is 0 Å². The highest BCUT2D eigenvalue weighted by Gasteiger charge is 2.14. The molecule has 0 radical (unpaired) electrons. The van der Waals surface area contributed by atoms with Crippen LogP contribution in [0.4, 0.5) is 11.4 Å². The van der Waals surface area contributed by atoms with Crippen molar-refractivity contribution in [2.24, 2.45) is 10.2 Å². The number of azo groups is 1. The van der Waals surface area contributed by atoms with Gasteiger partial charge in [-0.3, -0.25) is 0 Å². The van der Waals surface area contributed by atoms with Gasteiger partial charge in [0.1, 0.15) is 0 Å². The molecular weight excluding hydrogens is 224 g/mol. The highest BCUT2D eigenvalue weighted by Crippen LogP contribution is 2.26. The first-order valence-corrected chi connectivity index (χ1v) is 6.02. The largest absolute Gasteiger partial charge is 0.371 e. The predicted octanol–water partition coefficient (Wildman–Crippen LogP) is 3.40. The van der Waals surface area contributed by atoms with Crippen molar-refractivity contribution in [3.8, 4) is 0 Å². The van der Waals surface area contributed by atoms with Crippen molar-refractivity contribution in [1.82, 2.24) is 0 Å². The van der Waals surface area contributed by atoms with Gasteiger partial charge in [0.2, 0.25) is 0 Å². The van der Waals surface area contributed by atoms with E-state index in [9.17, 15) is 0 Å². The van der Waals surface area contributed by atoms with Gasteiger partial charge in [0.05, 0.1) is 0 Å². The van der Waals surface area contributed by atoms with E-state index in [4.69, 9.17) is 0 Å². The molecule has 0 spiro atoms. The van der Waals surface area contributed by atoms with Crippen molar-refractivity contribution >= 4 is 11.4 Å². The minimum atomic E-state index is 0.559. The molecule has 1 saturated heterocycles. The molecule has 0 unspecified atom stereocenters. The number of nitrogens with zero attached hydrogens (tertiary/aromatic N) is 4. The van der Waals surface area contributed by atoms with E-state index >= 15 is 0 Å². The summed E-state index contributed by atoms with van der Waals surface area (Å²) in [4.78, 5) is 4.16. The molecule has 1 aliphatic heterocycles. The van der Waals surface area contributed by atoms with Crippen molar-refractivity contribution < 1.29 is 0 Å². The maximum Gasteiger partial charge on any atom is 0.151 e. The second-order valence-corrected chi connectivity index (χ2v) is 4.13. The van der Waals surface area contributed by atoms with Gasteiger partial charge in [-0.05, 0) is 30.7 Å². The van der Waals surface area contributed by atoms with Crippen molar-refractivity contribution in [3.05, 3.63) is 49.4 Å². The summed E-state index contributed by atoms with van der Waals surface area (Å²) >= 11 is 0. The average molecular weight is 242 g/mol. The minimum absolute atomic E-state index is 0.559. The first kappa shape index (κ1) is 12.4. The molecule has 4 heteroatoms. The summed E-state index contributed by atoms with van der Waals surface area (Å²) in [5.74, 6) is 0.559. The van der Waals surface area contributed by atoms with E-state index < -0.39 is 0 Å². The molecule has 18 heavy (non-hydrogen) atoms. The van der Waals surface area contributed by atoms with Gasteiger partial charge in [0.25, 0.3) is 0 Å². The topological polar surface area (TPSA) is 31.2 Å². The van der Waals surface area contributed by atoms with E-state index in [0.29, 0.717) is 5.82 Å². The third-order valence-corrected chi connectivity index (χ3v) is 3.03. The van der Waals surface area contributed by atoms with Gasteiger partial charge in [-0.1, -0.05) is 13.2 Å². The van der Waals surface area contributed by atoms with Crippen molar-refractivity contribution in [3.63, 3.8) is 0 Å². The van der Waals surface area contributed by atoms with Gasteiger partial charge in [-0.2, -0.15) is 5.11 Å². The highest BCUT2D eigenvalue weighted by atomic mass is 15.3. The molecule has 1 aliphatic rings. The van der Waals surface area contributed by atoms with Crippen LogP contribution in [0.2, 0.25) is 0 Å². The molecule has 0 atom stereocenters. The van der Waals surface area contributed by atoms with Crippen LogP contribution in [0.3, 0.4) is 0 Å². The molecule has 0 aromatic heterocycles. The van der Waals surface area contributed by atoms with E-state index in [2.05, 4.69) is 40.4 Å². The number of rotatable bonds is 5.